The fraction of sp³-hybridized carbons (Fsp3) is 0.250. The SMILES string of the molecule is COc1ccc(C(O)=C2C(=O)C(=O)N(Cc3cccnc3)C2c2ccc(C(C)(C)C)cc2)cc1Cl. The number of hydrogen-bond acceptors (Lipinski definition) is 5. The van der Waals surface area contributed by atoms with Crippen LogP contribution in [0, 0.1) is 0 Å². The Morgan fingerprint density at radius 3 is 2.40 bits per heavy atom. The third-order valence-electron chi connectivity index (χ3n) is 6.13. The molecule has 2 heterocycles. The van der Waals surface area contributed by atoms with Gasteiger partial charge < -0.3 is 14.7 Å². The van der Waals surface area contributed by atoms with Crippen LogP contribution in [0.2, 0.25) is 5.02 Å². The van der Waals surface area contributed by atoms with E-state index in [0.717, 1.165) is 16.7 Å². The largest absolute Gasteiger partial charge is 0.507 e. The van der Waals surface area contributed by atoms with Crippen LogP contribution in [0.1, 0.15) is 49.1 Å². The summed E-state index contributed by atoms with van der Waals surface area (Å²) in [7, 11) is 1.49. The predicted octanol–water partition coefficient (Wildman–Crippen LogP) is 5.66. The molecule has 1 amide bonds. The van der Waals surface area contributed by atoms with Crippen molar-refractivity contribution in [1.82, 2.24) is 9.88 Å². The van der Waals surface area contributed by atoms with Crippen LogP contribution in [-0.4, -0.2) is 33.8 Å². The molecule has 2 aromatic carbocycles. The Balaban J connectivity index is 1.86. The average molecular weight is 491 g/mol. The Morgan fingerprint density at radius 1 is 1.11 bits per heavy atom. The minimum atomic E-state index is -0.773. The smallest absolute Gasteiger partial charge is 0.295 e. The van der Waals surface area contributed by atoms with Crippen molar-refractivity contribution in [2.45, 2.75) is 38.8 Å². The van der Waals surface area contributed by atoms with Gasteiger partial charge in [-0.1, -0.05) is 62.7 Å². The topological polar surface area (TPSA) is 79.7 Å². The lowest BCUT2D eigenvalue weighted by Crippen LogP contribution is -2.29. The zero-order chi connectivity index (χ0) is 25.3. The molecule has 6 nitrogen and oxygen atoms in total. The van der Waals surface area contributed by atoms with Crippen LogP contribution in [0.15, 0.2) is 72.6 Å². The molecule has 0 spiro atoms. The monoisotopic (exact) mass is 490 g/mol. The van der Waals surface area contributed by atoms with Gasteiger partial charge in [0.15, 0.2) is 0 Å². The molecule has 1 aliphatic rings. The number of pyridine rings is 1. The first-order valence-corrected chi connectivity index (χ1v) is 11.6. The normalized spacial score (nSPS) is 17.6. The fourth-order valence-electron chi connectivity index (χ4n) is 4.21. The number of likely N-dealkylation sites (tertiary alicyclic amines) is 1. The summed E-state index contributed by atoms with van der Waals surface area (Å²) in [4.78, 5) is 32.1. The minimum absolute atomic E-state index is 0.0173. The first-order chi connectivity index (χ1) is 16.6. The summed E-state index contributed by atoms with van der Waals surface area (Å²) >= 11 is 6.27. The molecule has 3 aromatic rings. The second-order valence-electron chi connectivity index (χ2n) is 9.51. The standard InChI is InChI=1S/C28H27ClN2O4/c1-28(2,3)20-10-7-18(8-11-20)24-23(25(32)19-9-12-22(35-4)21(29)14-19)26(33)27(34)31(24)16-17-6-5-13-30-15-17/h5-15,24,32H,16H2,1-4H3. The molecule has 1 fully saturated rings. The van der Waals surface area contributed by atoms with E-state index in [1.54, 1.807) is 30.6 Å². The molecule has 1 saturated heterocycles. The first kappa shape index (κ1) is 24.5. The van der Waals surface area contributed by atoms with E-state index in [4.69, 9.17) is 16.3 Å². The zero-order valence-corrected chi connectivity index (χ0v) is 20.8. The van der Waals surface area contributed by atoms with Gasteiger partial charge in [0, 0.05) is 24.5 Å². The van der Waals surface area contributed by atoms with E-state index in [2.05, 4.69) is 25.8 Å². The molecule has 0 saturated carbocycles. The quantitative estimate of drug-likeness (QED) is 0.283. The van der Waals surface area contributed by atoms with E-state index < -0.39 is 17.7 Å². The molecule has 7 heteroatoms. The van der Waals surface area contributed by atoms with Gasteiger partial charge in [-0.05, 0) is 46.4 Å². The highest BCUT2D eigenvalue weighted by Crippen LogP contribution is 2.41. The van der Waals surface area contributed by atoms with Gasteiger partial charge in [-0.2, -0.15) is 0 Å². The van der Waals surface area contributed by atoms with Crippen LogP contribution in [0.4, 0.5) is 0 Å². The van der Waals surface area contributed by atoms with Crippen molar-refractivity contribution in [3.63, 3.8) is 0 Å². The number of carbonyl (C=O) groups is 2. The van der Waals surface area contributed by atoms with Crippen LogP contribution in [0.25, 0.3) is 5.76 Å². The fourth-order valence-corrected chi connectivity index (χ4v) is 4.47. The number of halogens is 1. The van der Waals surface area contributed by atoms with E-state index in [9.17, 15) is 14.7 Å². The van der Waals surface area contributed by atoms with Crippen molar-refractivity contribution >= 4 is 29.1 Å². The van der Waals surface area contributed by atoms with Crippen molar-refractivity contribution in [2.24, 2.45) is 0 Å². The van der Waals surface area contributed by atoms with Gasteiger partial charge >= 0.3 is 0 Å². The molecule has 1 N–H and O–H groups in total. The highest BCUT2D eigenvalue weighted by atomic mass is 35.5. The van der Waals surface area contributed by atoms with Crippen LogP contribution >= 0.6 is 11.6 Å². The highest BCUT2D eigenvalue weighted by molar-refractivity contribution is 6.46. The van der Waals surface area contributed by atoms with E-state index in [-0.39, 0.29) is 28.3 Å². The lowest BCUT2D eigenvalue weighted by atomic mass is 9.85. The van der Waals surface area contributed by atoms with Gasteiger partial charge in [-0.15, -0.1) is 0 Å². The summed E-state index contributed by atoms with van der Waals surface area (Å²) in [5, 5.41) is 11.5. The Hall–Kier alpha value is -3.64. The number of aliphatic hydroxyl groups excluding tert-OH is 1. The van der Waals surface area contributed by atoms with Gasteiger partial charge in [-0.3, -0.25) is 14.6 Å². The van der Waals surface area contributed by atoms with Crippen molar-refractivity contribution in [2.75, 3.05) is 7.11 Å². The van der Waals surface area contributed by atoms with E-state index in [1.165, 1.54) is 18.1 Å². The third-order valence-corrected chi connectivity index (χ3v) is 6.43. The summed E-state index contributed by atoms with van der Waals surface area (Å²) in [6, 6.07) is 15.4. The summed E-state index contributed by atoms with van der Waals surface area (Å²) in [6.07, 6.45) is 3.30. The molecule has 0 aliphatic carbocycles. The molecular weight excluding hydrogens is 464 g/mol. The zero-order valence-electron chi connectivity index (χ0n) is 20.1. The maximum atomic E-state index is 13.3. The number of rotatable bonds is 5. The number of ketones is 1. The Morgan fingerprint density at radius 2 is 1.83 bits per heavy atom. The van der Waals surface area contributed by atoms with Crippen molar-refractivity contribution < 1.29 is 19.4 Å². The van der Waals surface area contributed by atoms with Gasteiger partial charge in [0.2, 0.25) is 0 Å². The molecular formula is C28H27ClN2O4. The number of aromatic nitrogens is 1. The predicted molar refractivity (Wildman–Crippen MR) is 135 cm³/mol. The number of amides is 1. The lowest BCUT2D eigenvalue weighted by Gasteiger charge is -2.26. The number of ether oxygens (including phenoxy) is 1. The highest BCUT2D eigenvalue weighted by Gasteiger charge is 2.46. The van der Waals surface area contributed by atoms with Crippen molar-refractivity contribution in [3.8, 4) is 5.75 Å². The number of carbonyl (C=O) groups excluding carboxylic acids is 2. The Kier molecular flexibility index (Phi) is 6.68. The summed E-state index contributed by atoms with van der Waals surface area (Å²) in [5.41, 5.74) is 2.90. The maximum Gasteiger partial charge on any atom is 0.295 e. The maximum absolute atomic E-state index is 13.3. The molecule has 1 aromatic heterocycles. The minimum Gasteiger partial charge on any atom is -0.507 e. The van der Waals surface area contributed by atoms with Crippen molar-refractivity contribution in [3.05, 3.63) is 99.8 Å². The second kappa shape index (κ2) is 9.55. The lowest BCUT2D eigenvalue weighted by molar-refractivity contribution is -0.140. The molecule has 1 unspecified atom stereocenters. The van der Waals surface area contributed by atoms with Gasteiger partial charge in [0.25, 0.3) is 11.7 Å². The van der Waals surface area contributed by atoms with Crippen LogP contribution in [0.3, 0.4) is 0 Å². The Bertz CT molecular complexity index is 1290. The number of Topliss-reactive ketones (excluding diaryl/α,β-unsaturated/α-hetero) is 1. The first-order valence-electron chi connectivity index (χ1n) is 11.2. The number of aliphatic hydroxyl groups is 1. The number of methoxy groups -OCH3 is 1. The van der Waals surface area contributed by atoms with Gasteiger partial charge in [0.1, 0.15) is 11.5 Å². The molecule has 180 valence electrons. The molecule has 1 aliphatic heterocycles. The van der Waals surface area contributed by atoms with E-state index in [0.29, 0.717) is 11.3 Å². The van der Waals surface area contributed by atoms with Gasteiger partial charge in [-0.25, -0.2) is 0 Å². The van der Waals surface area contributed by atoms with E-state index in [1.807, 2.05) is 30.3 Å². The van der Waals surface area contributed by atoms with Crippen LogP contribution in [-0.2, 0) is 21.5 Å². The summed E-state index contributed by atoms with van der Waals surface area (Å²) in [6.45, 7) is 6.52. The number of hydrogen-bond donors (Lipinski definition) is 1. The summed E-state index contributed by atoms with van der Waals surface area (Å²) in [5.74, 6) is -1.27. The molecule has 0 bridgehead atoms. The molecule has 35 heavy (non-hydrogen) atoms. The van der Waals surface area contributed by atoms with Crippen LogP contribution in [0.5, 0.6) is 5.75 Å². The van der Waals surface area contributed by atoms with Crippen LogP contribution < -0.4 is 4.74 Å². The molecule has 1 atom stereocenters. The summed E-state index contributed by atoms with van der Waals surface area (Å²) < 4.78 is 5.19. The Labute approximate surface area is 209 Å². The molecule has 4 rings (SSSR count). The van der Waals surface area contributed by atoms with Gasteiger partial charge in [0.05, 0.1) is 23.7 Å². The molecule has 0 radical (unpaired) electrons. The number of benzene rings is 2. The second-order valence-corrected chi connectivity index (χ2v) is 9.92. The number of nitrogens with zero attached hydrogens (tertiary/aromatic N) is 2. The third kappa shape index (κ3) is 4.80. The van der Waals surface area contributed by atoms with E-state index >= 15 is 0 Å². The van der Waals surface area contributed by atoms with Crippen molar-refractivity contribution in [1.29, 1.82) is 0 Å². The average Bonchev–Trinajstić information content (AvgIpc) is 3.08.